The van der Waals surface area contributed by atoms with Crippen molar-refractivity contribution in [1.29, 1.82) is 0 Å². The van der Waals surface area contributed by atoms with Gasteiger partial charge in [0.25, 0.3) is 0 Å². The van der Waals surface area contributed by atoms with Crippen LogP contribution in [0.1, 0.15) is 51.4 Å². The van der Waals surface area contributed by atoms with Crippen molar-refractivity contribution in [1.82, 2.24) is 10.2 Å². The fourth-order valence-electron chi connectivity index (χ4n) is 5.40. The van der Waals surface area contributed by atoms with Gasteiger partial charge in [-0.3, -0.25) is 4.90 Å². The molecular formula is C19H32N2O. The highest BCUT2D eigenvalue weighted by molar-refractivity contribution is 5.10. The molecule has 5 unspecified atom stereocenters. The molecule has 2 bridgehead atoms. The van der Waals surface area contributed by atoms with E-state index < -0.39 is 0 Å². The summed E-state index contributed by atoms with van der Waals surface area (Å²) in [5.41, 5.74) is 0. The molecule has 3 fully saturated rings. The van der Waals surface area contributed by atoms with Gasteiger partial charge in [-0.25, -0.2) is 0 Å². The Kier molecular flexibility index (Phi) is 4.57. The van der Waals surface area contributed by atoms with E-state index in [-0.39, 0.29) is 6.10 Å². The number of likely N-dealkylation sites (tertiary alicyclic amines) is 1. The quantitative estimate of drug-likeness (QED) is 0.784. The molecule has 3 nitrogen and oxygen atoms in total. The summed E-state index contributed by atoms with van der Waals surface area (Å²) < 4.78 is 0. The number of rotatable bonds is 4. The van der Waals surface area contributed by atoms with E-state index >= 15 is 0 Å². The summed E-state index contributed by atoms with van der Waals surface area (Å²) >= 11 is 0. The molecule has 5 atom stereocenters. The van der Waals surface area contributed by atoms with Crippen LogP contribution in [0, 0.1) is 17.8 Å². The van der Waals surface area contributed by atoms with E-state index in [2.05, 4.69) is 22.4 Å². The summed E-state index contributed by atoms with van der Waals surface area (Å²) in [4.78, 5) is 2.57. The molecule has 0 amide bonds. The van der Waals surface area contributed by atoms with E-state index in [0.29, 0.717) is 12.1 Å². The van der Waals surface area contributed by atoms with Crippen molar-refractivity contribution >= 4 is 0 Å². The number of nitrogens with one attached hydrogen (secondary N) is 1. The van der Waals surface area contributed by atoms with Gasteiger partial charge in [-0.2, -0.15) is 0 Å². The summed E-state index contributed by atoms with van der Waals surface area (Å²) in [5.74, 6) is 2.66. The van der Waals surface area contributed by atoms with Crippen LogP contribution in [-0.2, 0) is 0 Å². The van der Waals surface area contributed by atoms with Crippen molar-refractivity contribution in [2.75, 3.05) is 19.6 Å². The van der Waals surface area contributed by atoms with Gasteiger partial charge in [-0.1, -0.05) is 25.0 Å². The van der Waals surface area contributed by atoms with Crippen molar-refractivity contribution in [3.63, 3.8) is 0 Å². The Bertz CT molecular complexity index is 402. The molecule has 0 aromatic carbocycles. The summed E-state index contributed by atoms with van der Waals surface area (Å²) in [6.07, 6.45) is 14.9. The second-order valence-corrected chi connectivity index (χ2v) is 8.18. The first kappa shape index (κ1) is 15.2. The maximum absolute atomic E-state index is 10.2. The van der Waals surface area contributed by atoms with E-state index in [1.807, 2.05) is 0 Å². The van der Waals surface area contributed by atoms with Crippen LogP contribution in [0.4, 0.5) is 0 Å². The number of aliphatic hydroxyl groups excluding tert-OH is 1. The van der Waals surface area contributed by atoms with Crippen molar-refractivity contribution in [3.05, 3.63) is 12.2 Å². The number of aliphatic hydroxyl groups is 1. The molecule has 1 heterocycles. The Morgan fingerprint density at radius 3 is 2.50 bits per heavy atom. The van der Waals surface area contributed by atoms with E-state index in [9.17, 15) is 5.11 Å². The zero-order valence-corrected chi connectivity index (χ0v) is 13.8. The number of nitrogens with zero attached hydrogens (tertiary/aromatic N) is 1. The van der Waals surface area contributed by atoms with Gasteiger partial charge in [0.05, 0.1) is 6.10 Å². The second kappa shape index (κ2) is 6.62. The van der Waals surface area contributed by atoms with Gasteiger partial charge < -0.3 is 10.4 Å². The molecule has 0 spiro atoms. The molecule has 2 N–H and O–H groups in total. The van der Waals surface area contributed by atoms with Crippen molar-refractivity contribution in [2.45, 2.75) is 69.6 Å². The summed E-state index contributed by atoms with van der Waals surface area (Å²) in [7, 11) is 0. The van der Waals surface area contributed by atoms with Crippen LogP contribution < -0.4 is 5.32 Å². The van der Waals surface area contributed by atoms with Crippen LogP contribution in [0.15, 0.2) is 12.2 Å². The SMILES string of the molecule is OC1CCCCC1N1CCC(NCC2CC3C=CC2C3)CC1. The molecule has 2 saturated carbocycles. The topological polar surface area (TPSA) is 35.5 Å². The predicted molar refractivity (Wildman–Crippen MR) is 89.7 cm³/mol. The van der Waals surface area contributed by atoms with Gasteiger partial charge >= 0.3 is 0 Å². The average Bonchev–Trinajstić information content (AvgIpc) is 3.17. The molecule has 3 heteroatoms. The number of piperidine rings is 1. The van der Waals surface area contributed by atoms with E-state index in [0.717, 1.165) is 24.2 Å². The lowest BCUT2D eigenvalue weighted by Crippen LogP contribution is -2.52. The number of hydrogen-bond donors (Lipinski definition) is 2. The van der Waals surface area contributed by atoms with Gasteiger partial charge in [0.1, 0.15) is 0 Å². The first-order chi connectivity index (χ1) is 10.8. The first-order valence-corrected chi connectivity index (χ1v) is 9.63. The Morgan fingerprint density at radius 1 is 1.00 bits per heavy atom. The van der Waals surface area contributed by atoms with Crippen LogP contribution in [-0.4, -0.2) is 47.8 Å². The molecule has 4 aliphatic rings. The van der Waals surface area contributed by atoms with Gasteiger partial charge in [-0.05, 0) is 62.8 Å². The lowest BCUT2D eigenvalue weighted by atomic mass is 9.89. The normalized spacial score (nSPS) is 43.0. The standard InChI is InChI=1S/C19H32N2O/c22-19-4-2-1-3-18(19)21-9-7-17(8-10-21)20-13-16-12-14-5-6-15(16)11-14/h5-6,14-20,22H,1-4,7-13H2. The van der Waals surface area contributed by atoms with Gasteiger partial charge in [-0.15, -0.1) is 0 Å². The molecule has 124 valence electrons. The fourth-order valence-corrected chi connectivity index (χ4v) is 5.40. The summed E-state index contributed by atoms with van der Waals surface area (Å²) in [6.45, 7) is 3.58. The van der Waals surface area contributed by atoms with E-state index in [1.54, 1.807) is 0 Å². The lowest BCUT2D eigenvalue weighted by molar-refractivity contribution is 0.00700. The maximum atomic E-state index is 10.2. The average molecular weight is 304 g/mol. The second-order valence-electron chi connectivity index (χ2n) is 8.18. The van der Waals surface area contributed by atoms with Crippen LogP contribution in [0.5, 0.6) is 0 Å². The minimum absolute atomic E-state index is 0.0703. The van der Waals surface area contributed by atoms with Crippen molar-refractivity contribution in [3.8, 4) is 0 Å². The zero-order valence-electron chi connectivity index (χ0n) is 13.8. The fraction of sp³-hybridized carbons (Fsp3) is 0.895. The zero-order chi connectivity index (χ0) is 14.9. The monoisotopic (exact) mass is 304 g/mol. The molecule has 22 heavy (non-hydrogen) atoms. The highest BCUT2D eigenvalue weighted by atomic mass is 16.3. The molecule has 1 aliphatic heterocycles. The van der Waals surface area contributed by atoms with Crippen LogP contribution in [0.2, 0.25) is 0 Å². The minimum Gasteiger partial charge on any atom is -0.391 e. The Labute approximate surface area is 135 Å². The lowest BCUT2D eigenvalue weighted by Gasteiger charge is -2.42. The molecule has 1 saturated heterocycles. The highest BCUT2D eigenvalue weighted by Crippen LogP contribution is 2.43. The van der Waals surface area contributed by atoms with Gasteiger partial charge in [0.2, 0.25) is 0 Å². The molecule has 4 rings (SSSR count). The van der Waals surface area contributed by atoms with Crippen LogP contribution in [0.3, 0.4) is 0 Å². The molecule has 0 aromatic rings. The molecule has 3 aliphatic carbocycles. The third kappa shape index (κ3) is 3.13. The van der Waals surface area contributed by atoms with Gasteiger partial charge in [0, 0.05) is 25.2 Å². The predicted octanol–water partition coefficient (Wildman–Crippen LogP) is 2.56. The molecule has 0 aromatic heterocycles. The summed E-state index contributed by atoms with van der Waals surface area (Å²) in [5, 5.41) is 14.1. The number of fused-ring (bicyclic) bond motifs is 2. The third-order valence-electron chi connectivity index (χ3n) is 6.78. The largest absolute Gasteiger partial charge is 0.391 e. The van der Waals surface area contributed by atoms with Crippen LogP contribution >= 0.6 is 0 Å². The van der Waals surface area contributed by atoms with Crippen LogP contribution in [0.25, 0.3) is 0 Å². The van der Waals surface area contributed by atoms with E-state index in [4.69, 9.17) is 0 Å². The number of hydrogen-bond acceptors (Lipinski definition) is 3. The Balaban J connectivity index is 1.20. The maximum Gasteiger partial charge on any atom is 0.0695 e. The minimum atomic E-state index is -0.0703. The van der Waals surface area contributed by atoms with Gasteiger partial charge in [0.15, 0.2) is 0 Å². The van der Waals surface area contributed by atoms with Crippen molar-refractivity contribution in [2.24, 2.45) is 17.8 Å². The van der Waals surface area contributed by atoms with Crippen molar-refractivity contribution < 1.29 is 5.11 Å². The summed E-state index contributed by atoms with van der Waals surface area (Å²) in [6, 6.07) is 1.16. The van der Waals surface area contributed by atoms with E-state index in [1.165, 1.54) is 64.6 Å². The smallest absolute Gasteiger partial charge is 0.0695 e. The molecule has 0 radical (unpaired) electrons. The first-order valence-electron chi connectivity index (χ1n) is 9.63. The Morgan fingerprint density at radius 2 is 1.82 bits per heavy atom. The number of allylic oxidation sites excluding steroid dienone is 2. The molecular weight excluding hydrogens is 272 g/mol. The third-order valence-corrected chi connectivity index (χ3v) is 6.78. The highest BCUT2D eigenvalue weighted by Gasteiger charge is 2.36. The Hall–Kier alpha value is -0.380.